The fourth-order valence-corrected chi connectivity index (χ4v) is 1.73. The van der Waals surface area contributed by atoms with Gasteiger partial charge in [0, 0.05) is 6.92 Å². The summed E-state index contributed by atoms with van der Waals surface area (Å²) in [5, 5.41) is 0. The molecule has 14 heavy (non-hydrogen) atoms. The van der Waals surface area contributed by atoms with Crippen LogP contribution in [-0.2, 0) is 6.54 Å². The number of allylic oxidation sites excluding steroid dienone is 1. The average molecular weight is 187 g/mol. The predicted molar refractivity (Wildman–Crippen MR) is 58.0 cm³/mol. The molecular formula is C12H15N2+. The fraction of sp³-hybridized carbons (Fsp3) is 0.250. The maximum atomic E-state index is 3.94. The van der Waals surface area contributed by atoms with Crippen molar-refractivity contribution in [1.82, 2.24) is 4.98 Å². The molecule has 2 aromatic rings. The van der Waals surface area contributed by atoms with Crippen molar-refractivity contribution in [1.29, 1.82) is 0 Å². The number of fused-ring (bicyclic) bond motifs is 1. The van der Waals surface area contributed by atoms with Crippen LogP contribution in [0.3, 0.4) is 0 Å². The van der Waals surface area contributed by atoms with Crippen LogP contribution < -0.4 is 4.57 Å². The molecule has 2 nitrogen and oxygen atoms in total. The number of aromatic nitrogens is 2. The standard InChI is InChI=1S/C12H14N2/c1-9(2)8-14-10(3)13-11-6-4-5-7-12(11)14/h4-7H,1,8H2,2-3H3/p+1. The minimum Gasteiger partial charge on any atom is -0.241 e. The fourth-order valence-electron chi connectivity index (χ4n) is 1.73. The summed E-state index contributed by atoms with van der Waals surface area (Å²) < 4.78 is 2.25. The molecule has 0 aliphatic carbocycles. The van der Waals surface area contributed by atoms with E-state index in [1.165, 1.54) is 22.4 Å². The SMILES string of the molecule is C=C(C)C[n+]1c(C)[nH]c2ccccc21. The minimum absolute atomic E-state index is 0.885. The summed E-state index contributed by atoms with van der Waals surface area (Å²) >= 11 is 0. The van der Waals surface area contributed by atoms with E-state index in [0.29, 0.717) is 0 Å². The smallest absolute Gasteiger partial charge is 0.241 e. The Bertz CT molecular complexity index is 480. The van der Waals surface area contributed by atoms with Crippen molar-refractivity contribution in [3.63, 3.8) is 0 Å². The van der Waals surface area contributed by atoms with Crippen LogP contribution in [0.15, 0.2) is 36.4 Å². The topological polar surface area (TPSA) is 19.7 Å². The van der Waals surface area contributed by atoms with Gasteiger partial charge in [-0.3, -0.25) is 0 Å². The summed E-state index contributed by atoms with van der Waals surface area (Å²) in [6.07, 6.45) is 0. The van der Waals surface area contributed by atoms with Gasteiger partial charge in [-0.05, 0) is 24.6 Å². The molecule has 72 valence electrons. The van der Waals surface area contributed by atoms with E-state index < -0.39 is 0 Å². The van der Waals surface area contributed by atoms with Crippen LogP contribution in [0.2, 0.25) is 0 Å². The third-order valence-electron chi connectivity index (χ3n) is 2.34. The van der Waals surface area contributed by atoms with Gasteiger partial charge in [0.1, 0.15) is 6.54 Å². The quantitative estimate of drug-likeness (QED) is 0.550. The molecule has 0 fully saturated rings. The molecule has 1 aromatic carbocycles. The van der Waals surface area contributed by atoms with Crippen LogP contribution in [-0.4, -0.2) is 4.98 Å². The Morgan fingerprint density at radius 1 is 1.43 bits per heavy atom. The molecule has 0 unspecified atom stereocenters. The van der Waals surface area contributed by atoms with Crippen molar-refractivity contribution in [2.24, 2.45) is 0 Å². The average Bonchev–Trinajstić information content (AvgIpc) is 2.43. The highest BCUT2D eigenvalue weighted by atomic mass is 15.1. The minimum atomic E-state index is 0.885. The molecule has 2 heteroatoms. The molecule has 0 amide bonds. The maximum Gasteiger partial charge on any atom is 0.252 e. The van der Waals surface area contributed by atoms with E-state index >= 15 is 0 Å². The number of rotatable bonds is 2. The molecule has 0 bridgehead atoms. The highest BCUT2D eigenvalue weighted by Gasteiger charge is 2.13. The Morgan fingerprint density at radius 2 is 2.14 bits per heavy atom. The zero-order valence-electron chi connectivity index (χ0n) is 8.67. The van der Waals surface area contributed by atoms with Crippen molar-refractivity contribution in [3.05, 3.63) is 42.2 Å². The van der Waals surface area contributed by atoms with Crippen molar-refractivity contribution in [2.45, 2.75) is 20.4 Å². The Kier molecular flexibility index (Phi) is 2.12. The van der Waals surface area contributed by atoms with E-state index in [0.717, 1.165) is 6.54 Å². The van der Waals surface area contributed by atoms with Gasteiger partial charge in [-0.2, -0.15) is 0 Å². The second-order valence-corrected chi connectivity index (χ2v) is 3.77. The number of benzene rings is 1. The number of para-hydroxylation sites is 2. The van der Waals surface area contributed by atoms with Crippen LogP contribution in [0.4, 0.5) is 0 Å². The van der Waals surface area contributed by atoms with Crippen LogP contribution in [0, 0.1) is 6.92 Å². The Hall–Kier alpha value is -1.57. The number of H-pyrrole nitrogens is 1. The van der Waals surface area contributed by atoms with Crippen LogP contribution in [0.1, 0.15) is 12.7 Å². The summed E-state index contributed by atoms with van der Waals surface area (Å²) in [6.45, 7) is 8.96. The van der Waals surface area contributed by atoms with E-state index in [4.69, 9.17) is 0 Å². The second kappa shape index (κ2) is 3.29. The van der Waals surface area contributed by atoms with Gasteiger partial charge in [0.2, 0.25) is 0 Å². The van der Waals surface area contributed by atoms with Crippen molar-refractivity contribution in [2.75, 3.05) is 0 Å². The Morgan fingerprint density at radius 3 is 2.86 bits per heavy atom. The number of aryl methyl sites for hydroxylation is 1. The number of hydrogen-bond donors (Lipinski definition) is 1. The Balaban J connectivity index is 2.62. The first-order valence-corrected chi connectivity index (χ1v) is 4.80. The number of hydrogen-bond acceptors (Lipinski definition) is 0. The van der Waals surface area contributed by atoms with Crippen molar-refractivity contribution >= 4 is 11.0 Å². The van der Waals surface area contributed by atoms with E-state index in [-0.39, 0.29) is 0 Å². The molecule has 0 saturated carbocycles. The van der Waals surface area contributed by atoms with E-state index in [1.807, 2.05) is 13.0 Å². The summed E-state index contributed by atoms with van der Waals surface area (Å²) in [6, 6.07) is 8.33. The highest BCUT2D eigenvalue weighted by molar-refractivity contribution is 5.70. The van der Waals surface area contributed by atoms with Gasteiger partial charge in [0.25, 0.3) is 5.82 Å². The number of nitrogens with zero attached hydrogens (tertiary/aromatic N) is 1. The largest absolute Gasteiger partial charge is 0.252 e. The summed E-state index contributed by atoms with van der Waals surface area (Å²) in [4.78, 5) is 3.35. The van der Waals surface area contributed by atoms with Crippen molar-refractivity contribution < 1.29 is 4.57 Å². The molecule has 0 atom stereocenters. The molecule has 1 aromatic heterocycles. The van der Waals surface area contributed by atoms with E-state index in [1.54, 1.807) is 0 Å². The molecule has 0 aliphatic rings. The summed E-state index contributed by atoms with van der Waals surface area (Å²) in [7, 11) is 0. The first-order valence-electron chi connectivity index (χ1n) is 4.80. The Labute approximate surface area is 83.9 Å². The van der Waals surface area contributed by atoms with Gasteiger partial charge in [0.15, 0.2) is 11.0 Å². The van der Waals surface area contributed by atoms with Gasteiger partial charge in [-0.15, -0.1) is 0 Å². The predicted octanol–water partition coefficient (Wildman–Crippen LogP) is 2.34. The summed E-state index contributed by atoms with van der Waals surface area (Å²) in [5.41, 5.74) is 3.60. The van der Waals surface area contributed by atoms with Crippen molar-refractivity contribution in [3.8, 4) is 0 Å². The first-order chi connectivity index (χ1) is 6.68. The van der Waals surface area contributed by atoms with Gasteiger partial charge in [-0.1, -0.05) is 18.7 Å². The van der Waals surface area contributed by atoms with Gasteiger partial charge < -0.3 is 0 Å². The third-order valence-corrected chi connectivity index (χ3v) is 2.34. The zero-order chi connectivity index (χ0) is 10.1. The lowest BCUT2D eigenvalue weighted by atomic mass is 10.3. The zero-order valence-corrected chi connectivity index (χ0v) is 8.67. The molecule has 2 rings (SSSR count). The third kappa shape index (κ3) is 1.43. The van der Waals surface area contributed by atoms with Gasteiger partial charge >= 0.3 is 0 Å². The molecule has 0 radical (unpaired) electrons. The summed E-state index contributed by atoms with van der Waals surface area (Å²) in [5.74, 6) is 1.18. The van der Waals surface area contributed by atoms with Crippen LogP contribution >= 0.6 is 0 Å². The van der Waals surface area contributed by atoms with E-state index in [2.05, 4.69) is 41.3 Å². The van der Waals surface area contributed by atoms with E-state index in [9.17, 15) is 0 Å². The molecule has 0 saturated heterocycles. The number of aromatic amines is 1. The number of nitrogens with one attached hydrogen (secondary N) is 1. The second-order valence-electron chi connectivity index (χ2n) is 3.77. The maximum absolute atomic E-state index is 3.94. The van der Waals surface area contributed by atoms with Gasteiger partial charge in [-0.25, -0.2) is 9.55 Å². The number of imidazole rings is 1. The molecule has 1 heterocycles. The van der Waals surface area contributed by atoms with Gasteiger partial charge in [0.05, 0.1) is 0 Å². The monoisotopic (exact) mass is 187 g/mol. The first kappa shape index (κ1) is 9.00. The normalized spacial score (nSPS) is 10.7. The molecular weight excluding hydrogens is 172 g/mol. The van der Waals surface area contributed by atoms with Crippen LogP contribution in [0.5, 0.6) is 0 Å². The molecule has 1 N–H and O–H groups in total. The van der Waals surface area contributed by atoms with Crippen LogP contribution in [0.25, 0.3) is 11.0 Å². The highest BCUT2D eigenvalue weighted by Crippen LogP contribution is 2.08. The lowest BCUT2D eigenvalue weighted by molar-refractivity contribution is -0.669. The lowest BCUT2D eigenvalue weighted by Crippen LogP contribution is -2.35. The lowest BCUT2D eigenvalue weighted by Gasteiger charge is -1.97. The molecule has 0 aliphatic heterocycles. The molecule has 0 spiro atoms.